The van der Waals surface area contributed by atoms with E-state index < -0.39 is 0 Å². The van der Waals surface area contributed by atoms with Gasteiger partial charge < -0.3 is 0 Å². The van der Waals surface area contributed by atoms with Gasteiger partial charge in [0.05, 0.1) is 5.60 Å². The Labute approximate surface area is 88.2 Å². The smallest absolute Gasteiger partial charge is 0.116 e. The molecule has 0 spiro atoms. The first-order valence-electron chi connectivity index (χ1n) is 5.18. The zero-order valence-electron chi connectivity index (χ0n) is 10.5. The summed E-state index contributed by atoms with van der Waals surface area (Å²) in [4.78, 5) is 10.6. The first kappa shape index (κ1) is 13.7. The summed E-state index contributed by atoms with van der Waals surface area (Å²) >= 11 is 0. The molecule has 0 aromatic heterocycles. The first-order valence-corrected chi connectivity index (χ1v) is 5.18. The maximum Gasteiger partial charge on any atom is 0.116 e. The van der Waals surface area contributed by atoms with Crippen molar-refractivity contribution in [1.82, 2.24) is 0 Å². The lowest BCUT2D eigenvalue weighted by molar-refractivity contribution is -0.386. The second-order valence-corrected chi connectivity index (χ2v) is 5.49. The van der Waals surface area contributed by atoms with Crippen molar-refractivity contribution in [3.05, 3.63) is 12.2 Å². The molecule has 0 saturated carbocycles. The average Bonchev–Trinajstić information content (AvgIpc) is 1.97. The first-order chi connectivity index (χ1) is 6.12. The van der Waals surface area contributed by atoms with E-state index in [0.717, 1.165) is 0 Å². The number of hydrogen-bond acceptors (Lipinski definition) is 2. The van der Waals surface area contributed by atoms with E-state index >= 15 is 0 Å². The molecule has 0 atom stereocenters. The van der Waals surface area contributed by atoms with Crippen LogP contribution < -0.4 is 0 Å². The van der Waals surface area contributed by atoms with E-state index in [1.165, 1.54) is 0 Å². The van der Waals surface area contributed by atoms with Crippen molar-refractivity contribution in [3.8, 4) is 0 Å². The Morgan fingerprint density at radius 2 is 1.43 bits per heavy atom. The number of allylic oxidation sites excluding steroid dienone is 1. The largest absolute Gasteiger partial charge is 0.230 e. The Morgan fingerprint density at radius 1 is 0.929 bits per heavy atom. The fraction of sp³-hybridized carbons (Fsp3) is 0.833. The van der Waals surface area contributed by atoms with Gasteiger partial charge in [-0.05, 0) is 40.5 Å². The van der Waals surface area contributed by atoms with Crippen molar-refractivity contribution >= 4 is 0 Å². The summed E-state index contributed by atoms with van der Waals surface area (Å²) in [6, 6.07) is 0. The molecule has 0 amide bonds. The van der Waals surface area contributed by atoms with Crippen LogP contribution >= 0.6 is 0 Å². The van der Waals surface area contributed by atoms with Crippen LogP contribution in [0.2, 0.25) is 0 Å². The van der Waals surface area contributed by atoms with Gasteiger partial charge in [0.1, 0.15) is 5.60 Å². The van der Waals surface area contributed by atoms with Crippen molar-refractivity contribution < 1.29 is 9.78 Å². The molecule has 0 radical (unpaired) electrons. The zero-order chi connectivity index (χ0) is 11.4. The average molecular weight is 200 g/mol. The molecule has 2 nitrogen and oxygen atoms in total. The number of hydrogen-bond donors (Lipinski definition) is 0. The van der Waals surface area contributed by atoms with Gasteiger partial charge in [-0.2, -0.15) is 0 Å². The molecule has 2 heteroatoms. The highest BCUT2D eigenvalue weighted by atomic mass is 17.2. The van der Waals surface area contributed by atoms with Crippen LogP contribution in [0.25, 0.3) is 0 Å². The van der Waals surface area contributed by atoms with E-state index in [1.807, 2.05) is 40.7 Å². The van der Waals surface area contributed by atoms with E-state index in [1.54, 1.807) is 0 Å². The standard InChI is InChI=1S/C12H24O2/c1-10(2)8-9-12(6,7)14-13-11(3,4)5/h8-10H,1-7H3/b9-8+. The van der Waals surface area contributed by atoms with Gasteiger partial charge in [0.2, 0.25) is 0 Å². The quantitative estimate of drug-likeness (QED) is 0.391. The minimum atomic E-state index is -0.364. The molecule has 0 aliphatic carbocycles. The van der Waals surface area contributed by atoms with Crippen molar-refractivity contribution in [2.75, 3.05) is 0 Å². The molecule has 14 heavy (non-hydrogen) atoms. The van der Waals surface area contributed by atoms with Gasteiger partial charge in [-0.15, -0.1) is 0 Å². The molecule has 84 valence electrons. The molecule has 0 unspecified atom stereocenters. The van der Waals surface area contributed by atoms with Gasteiger partial charge in [0.25, 0.3) is 0 Å². The van der Waals surface area contributed by atoms with E-state index in [2.05, 4.69) is 19.9 Å². The van der Waals surface area contributed by atoms with Crippen LogP contribution in [0.1, 0.15) is 48.5 Å². The molecular formula is C12H24O2. The highest BCUT2D eigenvalue weighted by Gasteiger charge is 2.20. The second-order valence-electron chi connectivity index (χ2n) is 5.49. The van der Waals surface area contributed by atoms with Crippen LogP contribution in [0.4, 0.5) is 0 Å². The van der Waals surface area contributed by atoms with Crippen molar-refractivity contribution in [1.29, 1.82) is 0 Å². The van der Waals surface area contributed by atoms with Gasteiger partial charge in [-0.1, -0.05) is 26.0 Å². The predicted octanol–water partition coefficient (Wildman–Crippen LogP) is 3.72. The van der Waals surface area contributed by atoms with Gasteiger partial charge >= 0.3 is 0 Å². The van der Waals surface area contributed by atoms with Gasteiger partial charge in [0, 0.05) is 0 Å². The molecule has 0 heterocycles. The van der Waals surface area contributed by atoms with Crippen molar-refractivity contribution in [3.63, 3.8) is 0 Å². The Bertz CT molecular complexity index is 185. The van der Waals surface area contributed by atoms with Gasteiger partial charge in [-0.25, -0.2) is 9.78 Å². The van der Waals surface area contributed by atoms with E-state index in [-0.39, 0.29) is 11.2 Å². The molecule has 0 saturated heterocycles. The normalized spacial score (nSPS) is 14.3. The van der Waals surface area contributed by atoms with Crippen molar-refractivity contribution in [2.45, 2.75) is 59.7 Å². The summed E-state index contributed by atoms with van der Waals surface area (Å²) < 4.78 is 0. The fourth-order valence-electron chi connectivity index (χ4n) is 0.684. The topological polar surface area (TPSA) is 18.5 Å². The zero-order valence-corrected chi connectivity index (χ0v) is 10.5. The Hall–Kier alpha value is -0.340. The van der Waals surface area contributed by atoms with Gasteiger partial charge in [0.15, 0.2) is 0 Å². The molecule has 0 aliphatic rings. The maximum absolute atomic E-state index is 5.36. The molecule has 0 rings (SSSR count). The van der Waals surface area contributed by atoms with Crippen LogP contribution in [0.15, 0.2) is 12.2 Å². The predicted molar refractivity (Wildman–Crippen MR) is 60.0 cm³/mol. The summed E-state index contributed by atoms with van der Waals surface area (Å²) in [5.74, 6) is 0.535. The minimum absolute atomic E-state index is 0.261. The third-order valence-corrected chi connectivity index (χ3v) is 1.39. The third-order valence-electron chi connectivity index (χ3n) is 1.39. The summed E-state index contributed by atoms with van der Waals surface area (Å²) in [5, 5.41) is 0. The lowest BCUT2D eigenvalue weighted by Crippen LogP contribution is -2.29. The monoisotopic (exact) mass is 200 g/mol. The maximum atomic E-state index is 5.36. The number of rotatable bonds is 4. The van der Waals surface area contributed by atoms with Crippen LogP contribution in [0.3, 0.4) is 0 Å². The van der Waals surface area contributed by atoms with Crippen LogP contribution in [0.5, 0.6) is 0 Å². The lowest BCUT2D eigenvalue weighted by Gasteiger charge is -2.26. The molecule has 0 bridgehead atoms. The molecule has 0 aromatic carbocycles. The molecule has 0 aromatic rings. The summed E-state index contributed by atoms with van der Waals surface area (Å²) in [6.07, 6.45) is 4.15. The summed E-state index contributed by atoms with van der Waals surface area (Å²) in [5.41, 5.74) is -0.625. The van der Waals surface area contributed by atoms with E-state index in [4.69, 9.17) is 9.78 Å². The Kier molecular flexibility index (Phi) is 4.82. The highest BCUT2D eigenvalue weighted by Crippen LogP contribution is 2.17. The Morgan fingerprint density at radius 3 is 1.79 bits per heavy atom. The van der Waals surface area contributed by atoms with E-state index in [9.17, 15) is 0 Å². The minimum Gasteiger partial charge on any atom is -0.230 e. The lowest BCUT2D eigenvalue weighted by atomic mass is 10.1. The highest BCUT2D eigenvalue weighted by molar-refractivity contribution is 4.97. The molecule has 0 aliphatic heterocycles. The molecule has 0 N–H and O–H groups in total. The van der Waals surface area contributed by atoms with Crippen LogP contribution in [0, 0.1) is 5.92 Å². The fourth-order valence-corrected chi connectivity index (χ4v) is 0.684. The van der Waals surface area contributed by atoms with Crippen LogP contribution in [-0.2, 0) is 9.78 Å². The van der Waals surface area contributed by atoms with Gasteiger partial charge in [-0.3, -0.25) is 0 Å². The van der Waals surface area contributed by atoms with Crippen molar-refractivity contribution in [2.24, 2.45) is 5.92 Å². The summed E-state index contributed by atoms with van der Waals surface area (Å²) in [7, 11) is 0. The Balaban J connectivity index is 4.08. The third kappa shape index (κ3) is 8.27. The second kappa shape index (κ2) is 4.94. The summed E-state index contributed by atoms with van der Waals surface area (Å²) in [6.45, 7) is 14.1. The van der Waals surface area contributed by atoms with E-state index in [0.29, 0.717) is 5.92 Å². The SMILES string of the molecule is CC(C)/C=C/C(C)(C)OOC(C)(C)C. The molecular weight excluding hydrogens is 176 g/mol. The molecule has 0 fully saturated rings. The van der Waals surface area contributed by atoms with Crippen LogP contribution in [-0.4, -0.2) is 11.2 Å².